The van der Waals surface area contributed by atoms with E-state index in [0.29, 0.717) is 12.1 Å². The average Bonchev–Trinajstić information content (AvgIpc) is 2.48. The number of anilines is 1. The quantitative estimate of drug-likeness (QED) is 0.671. The van der Waals surface area contributed by atoms with Crippen LogP contribution in [0.15, 0.2) is 47.5 Å². The Morgan fingerprint density at radius 1 is 1.29 bits per heavy atom. The van der Waals surface area contributed by atoms with Crippen LogP contribution in [-0.4, -0.2) is 13.1 Å². The van der Waals surface area contributed by atoms with E-state index in [-0.39, 0.29) is 11.8 Å². The predicted molar refractivity (Wildman–Crippen MR) is 83.1 cm³/mol. The van der Waals surface area contributed by atoms with Crippen molar-refractivity contribution in [2.24, 2.45) is 10.7 Å². The molecule has 4 nitrogen and oxygen atoms in total. The van der Waals surface area contributed by atoms with E-state index in [1.165, 1.54) is 6.07 Å². The summed E-state index contributed by atoms with van der Waals surface area (Å²) >= 11 is 0. The first-order valence-corrected chi connectivity index (χ1v) is 6.54. The molecule has 5 heteroatoms. The molecule has 0 spiro atoms. The maximum atomic E-state index is 13.4. The van der Waals surface area contributed by atoms with Crippen molar-refractivity contribution in [3.63, 3.8) is 0 Å². The van der Waals surface area contributed by atoms with Crippen molar-refractivity contribution in [3.8, 4) is 5.75 Å². The Balaban J connectivity index is 2.01. The van der Waals surface area contributed by atoms with Gasteiger partial charge in [0, 0.05) is 11.8 Å². The molecule has 2 rings (SSSR count). The van der Waals surface area contributed by atoms with Gasteiger partial charge < -0.3 is 15.8 Å². The highest BCUT2D eigenvalue weighted by Crippen LogP contribution is 2.16. The van der Waals surface area contributed by atoms with Crippen molar-refractivity contribution in [3.05, 3.63) is 59.4 Å². The normalized spacial score (nSPS) is 11.3. The van der Waals surface area contributed by atoms with Crippen LogP contribution in [0.3, 0.4) is 0 Å². The van der Waals surface area contributed by atoms with Crippen LogP contribution in [-0.2, 0) is 6.54 Å². The first-order chi connectivity index (χ1) is 10.1. The molecule has 0 aliphatic rings. The van der Waals surface area contributed by atoms with Gasteiger partial charge in [-0.15, -0.1) is 0 Å². The molecule has 0 bridgehead atoms. The van der Waals surface area contributed by atoms with E-state index < -0.39 is 0 Å². The minimum absolute atomic E-state index is 0.234. The highest BCUT2D eigenvalue weighted by atomic mass is 19.1. The molecule has 2 aromatic carbocycles. The molecule has 0 amide bonds. The molecule has 0 fully saturated rings. The van der Waals surface area contributed by atoms with Crippen molar-refractivity contribution >= 4 is 11.6 Å². The number of methoxy groups -OCH3 is 1. The van der Waals surface area contributed by atoms with Gasteiger partial charge in [-0.1, -0.05) is 18.2 Å². The molecule has 0 radical (unpaired) electrons. The molecule has 0 aliphatic carbocycles. The second kappa shape index (κ2) is 6.74. The van der Waals surface area contributed by atoms with Gasteiger partial charge in [0.15, 0.2) is 5.96 Å². The molecule has 0 atom stereocenters. The average molecular weight is 287 g/mol. The Hall–Kier alpha value is -2.56. The van der Waals surface area contributed by atoms with Crippen LogP contribution in [0.2, 0.25) is 0 Å². The van der Waals surface area contributed by atoms with E-state index in [4.69, 9.17) is 10.5 Å². The van der Waals surface area contributed by atoms with Crippen LogP contribution in [0.1, 0.15) is 11.1 Å². The number of guanidine groups is 1. The number of hydrogen-bond acceptors (Lipinski definition) is 2. The summed E-state index contributed by atoms with van der Waals surface area (Å²) in [4.78, 5) is 4.19. The molecule has 0 unspecified atom stereocenters. The van der Waals surface area contributed by atoms with Gasteiger partial charge in [-0.05, 0) is 36.2 Å². The molecule has 0 saturated carbocycles. The fraction of sp³-hybridized carbons (Fsp3) is 0.188. The van der Waals surface area contributed by atoms with Crippen LogP contribution in [0, 0.1) is 12.7 Å². The summed E-state index contributed by atoms with van der Waals surface area (Å²) in [5, 5.41) is 2.97. The van der Waals surface area contributed by atoms with E-state index >= 15 is 0 Å². The zero-order valence-corrected chi connectivity index (χ0v) is 12.1. The standard InChI is InChI=1S/C16H18FN3O/c1-11-6-7-12(8-15(11)17)10-19-16(18)20-13-4-3-5-14(9-13)21-2/h3-9H,10H2,1-2H3,(H3,18,19,20). The first kappa shape index (κ1) is 14.8. The summed E-state index contributed by atoms with van der Waals surface area (Å²) in [7, 11) is 1.60. The van der Waals surface area contributed by atoms with E-state index in [1.54, 1.807) is 20.1 Å². The minimum atomic E-state index is -0.234. The fourth-order valence-corrected chi connectivity index (χ4v) is 1.80. The van der Waals surface area contributed by atoms with Crippen molar-refractivity contribution in [1.29, 1.82) is 0 Å². The maximum absolute atomic E-state index is 13.4. The van der Waals surface area contributed by atoms with Gasteiger partial charge in [0.05, 0.1) is 13.7 Å². The van der Waals surface area contributed by atoms with E-state index in [0.717, 1.165) is 17.0 Å². The van der Waals surface area contributed by atoms with Crippen molar-refractivity contribution in [2.75, 3.05) is 12.4 Å². The summed E-state index contributed by atoms with van der Waals surface area (Å²) in [6.45, 7) is 2.04. The molecular formula is C16H18FN3O. The number of nitrogens with one attached hydrogen (secondary N) is 1. The predicted octanol–water partition coefficient (Wildman–Crippen LogP) is 3.07. The topological polar surface area (TPSA) is 59.6 Å². The Morgan fingerprint density at radius 3 is 2.81 bits per heavy atom. The van der Waals surface area contributed by atoms with Gasteiger partial charge in [0.1, 0.15) is 11.6 Å². The zero-order chi connectivity index (χ0) is 15.2. The summed E-state index contributed by atoms with van der Waals surface area (Å²) in [6, 6.07) is 12.4. The monoisotopic (exact) mass is 287 g/mol. The number of halogens is 1. The summed E-state index contributed by atoms with van der Waals surface area (Å²) in [5.41, 5.74) is 7.99. The number of rotatable bonds is 4. The van der Waals surface area contributed by atoms with Crippen LogP contribution < -0.4 is 15.8 Å². The number of nitrogens with two attached hydrogens (primary N) is 1. The molecule has 0 aliphatic heterocycles. The number of hydrogen-bond donors (Lipinski definition) is 2. The highest BCUT2D eigenvalue weighted by molar-refractivity contribution is 5.92. The van der Waals surface area contributed by atoms with Crippen LogP contribution in [0.4, 0.5) is 10.1 Å². The molecule has 3 N–H and O–H groups in total. The molecule has 0 aromatic heterocycles. The van der Waals surface area contributed by atoms with Gasteiger partial charge in [-0.25, -0.2) is 9.38 Å². The third-order valence-corrected chi connectivity index (χ3v) is 3.01. The largest absolute Gasteiger partial charge is 0.497 e. The molecule has 0 heterocycles. The second-order valence-corrected chi connectivity index (χ2v) is 4.64. The lowest BCUT2D eigenvalue weighted by Crippen LogP contribution is -2.22. The minimum Gasteiger partial charge on any atom is -0.497 e. The lowest BCUT2D eigenvalue weighted by atomic mass is 10.1. The number of aliphatic imine (C=N–C) groups is 1. The number of ether oxygens (including phenoxy) is 1. The molecule has 2 aromatic rings. The molecule has 21 heavy (non-hydrogen) atoms. The summed E-state index contributed by atoms with van der Waals surface area (Å²) in [6.07, 6.45) is 0. The van der Waals surface area contributed by atoms with E-state index in [9.17, 15) is 4.39 Å². The Kier molecular flexibility index (Phi) is 4.77. The number of benzene rings is 2. The Labute approximate surface area is 123 Å². The number of aryl methyl sites for hydroxylation is 1. The van der Waals surface area contributed by atoms with Gasteiger partial charge >= 0.3 is 0 Å². The smallest absolute Gasteiger partial charge is 0.193 e. The van der Waals surface area contributed by atoms with Crippen LogP contribution in [0.25, 0.3) is 0 Å². The third-order valence-electron chi connectivity index (χ3n) is 3.01. The lowest BCUT2D eigenvalue weighted by molar-refractivity contribution is 0.415. The lowest BCUT2D eigenvalue weighted by Gasteiger charge is -2.07. The van der Waals surface area contributed by atoms with Gasteiger partial charge in [-0.3, -0.25) is 0 Å². The van der Waals surface area contributed by atoms with Gasteiger partial charge in [-0.2, -0.15) is 0 Å². The zero-order valence-electron chi connectivity index (χ0n) is 12.1. The fourth-order valence-electron chi connectivity index (χ4n) is 1.80. The first-order valence-electron chi connectivity index (χ1n) is 6.54. The summed E-state index contributed by atoms with van der Waals surface area (Å²) in [5.74, 6) is 0.764. The third kappa shape index (κ3) is 4.21. The van der Waals surface area contributed by atoms with Crippen molar-refractivity contribution < 1.29 is 9.13 Å². The van der Waals surface area contributed by atoms with Crippen molar-refractivity contribution in [1.82, 2.24) is 0 Å². The Bertz CT molecular complexity index is 656. The maximum Gasteiger partial charge on any atom is 0.193 e. The SMILES string of the molecule is COc1cccc(NC(N)=NCc2ccc(C)c(F)c2)c1. The molecule has 0 saturated heterocycles. The van der Waals surface area contributed by atoms with E-state index in [2.05, 4.69) is 10.3 Å². The second-order valence-electron chi connectivity index (χ2n) is 4.64. The highest BCUT2D eigenvalue weighted by Gasteiger charge is 2.00. The van der Waals surface area contributed by atoms with E-state index in [1.807, 2.05) is 30.3 Å². The number of nitrogens with zero attached hydrogens (tertiary/aromatic N) is 1. The molecule has 110 valence electrons. The Morgan fingerprint density at radius 2 is 2.10 bits per heavy atom. The van der Waals surface area contributed by atoms with Gasteiger partial charge in [0.25, 0.3) is 0 Å². The summed E-state index contributed by atoms with van der Waals surface area (Å²) < 4.78 is 18.6. The molecular weight excluding hydrogens is 269 g/mol. The van der Waals surface area contributed by atoms with Crippen LogP contribution in [0.5, 0.6) is 5.75 Å². The van der Waals surface area contributed by atoms with Crippen molar-refractivity contribution in [2.45, 2.75) is 13.5 Å². The van der Waals surface area contributed by atoms with Crippen LogP contribution >= 0.6 is 0 Å². The van der Waals surface area contributed by atoms with Gasteiger partial charge in [0.2, 0.25) is 0 Å².